The van der Waals surface area contributed by atoms with Crippen LogP contribution in [0.4, 0.5) is 0 Å². The van der Waals surface area contributed by atoms with Crippen LogP contribution < -0.4 is 0 Å². The largest absolute Gasteiger partial charge is 0.462 e. The number of carbonyl (C=O) groups is 1. The summed E-state index contributed by atoms with van der Waals surface area (Å²) in [5.41, 5.74) is 1.20. The average molecular weight is 140 g/mol. The average Bonchev–Trinajstić information content (AvgIpc) is 1.88. The maximum absolute atomic E-state index is 10.7. The Hall–Kier alpha value is -0.790. The van der Waals surface area contributed by atoms with E-state index >= 15 is 0 Å². The molecule has 1 aliphatic heterocycles. The van der Waals surface area contributed by atoms with Crippen LogP contribution in [0.5, 0.6) is 0 Å². The van der Waals surface area contributed by atoms with Crippen LogP contribution in [0, 0.1) is 5.92 Å². The fraction of sp³-hybridized carbons (Fsp3) is 0.625. The molecule has 0 aliphatic carbocycles. The van der Waals surface area contributed by atoms with E-state index in [4.69, 9.17) is 4.74 Å². The summed E-state index contributed by atoms with van der Waals surface area (Å²) in [5, 5.41) is 0. The fourth-order valence-electron chi connectivity index (χ4n) is 0.990. The number of carbonyl (C=O) groups excluding carboxylic acids is 1. The van der Waals surface area contributed by atoms with Gasteiger partial charge in [-0.3, -0.25) is 0 Å². The highest BCUT2D eigenvalue weighted by Crippen LogP contribution is 2.17. The van der Waals surface area contributed by atoms with Crippen molar-refractivity contribution in [1.82, 2.24) is 0 Å². The molecule has 1 aliphatic rings. The Bertz CT molecular complexity index is 168. The highest BCUT2D eigenvalue weighted by atomic mass is 16.5. The van der Waals surface area contributed by atoms with Gasteiger partial charge in [0, 0.05) is 12.5 Å². The van der Waals surface area contributed by atoms with Crippen molar-refractivity contribution < 1.29 is 9.53 Å². The maximum atomic E-state index is 10.7. The molecule has 1 rings (SSSR count). The van der Waals surface area contributed by atoms with Crippen LogP contribution in [0.15, 0.2) is 11.6 Å². The molecule has 0 fully saturated rings. The predicted molar refractivity (Wildman–Crippen MR) is 38.5 cm³/mol. The lowest BCUT2D eigenvalue weighted by atomic mass is 9.99. The summed E-state index contributed by atoms with van der Waals surface area (Å²) in [6, 6.07) is 0. The van der Waals surface area contributed by atoms with Gasteiger partial charge in [0.25, 0.3) is 0 Å². The Morgan fingerprint density at radius 2 is 2.30 bits per heavy atom. The SMILES string of the molecule is CC(C)C1=CC(=O)OCC1. The van der Waals surface area contributed by atoms with Crippen molar-refractivity contribution in [2.24, 2.45) is 5.92 Å². The van der Waals surface area contributed by atoms with Gasteiger partial charge in [-0.25, -0.2) is 4.79 Å². The minimum Gasteiger partial charge on any atom is -0.462 e. The molecule has 0 unspecified atom stereocenters. The normalized spacial score (nSPS) is 18.7. The maximum Gasteiger partial charge on any atom is 0.330 e. The first-order chi connectivity index (χ1) is 4.70. The Morgan fingerprint density at radius 1 is 1.60 bits per heavy atom. The molecule has 0 aromatic carbocycles. The molecule has 0 saturated carbocycles. The first-order valence-corrected chi connectivity index (χ1v) is 3.57. The molecule has 56 valence electrons. The molecular weight excluding hydrogens is 128 g/mol. The van der Waals surface area contributed by atoms with Crippen LogP contribution in [0.3, 0.4) is 0 Å². The van der Waals surface area contributed by atoms with Gasteiger partial charge in [-0.15, -0.1) is 0 Å². The zero-order valence-corrected chi connectivity index (χ0v) is 6.39. The van der Waals surface area contributed by atoms with Crippen LogP contribution in [0.1, 0.15) is 20.3 Å². The van der Waals surface area contributed by atoms with Gasteiger partial charge in [0.2, 0.25) is 0 Å². The van der Waals surface area contributed by atoms with E-state index in [0.717, 1.165) is 6.42 Å². The monoisotopic (exact) mass is 140 g/mol. The molecular formula is C8H12O2. The lowest BCUT2D eigenvalue weighted by Gasteiger charge is -2.15. The van der Waals surface area contributed by atoms with E-state index in [9.17, 15) is 4.79 Å². The molecule has 2 heteroatoms. The Kier molecular flexibility index (Phi) is 2.10. The lowest BCUT2D eigenvalue weighted by Crippen LogP contribution is -2.13. The third-order valence-electron chi connectivity index (χ3n) is 1.68. The third-order valence-corrected chi connectivity index (χ3v) is 1.68. The number of cyclic esters (lactones) is 1. The molecule has 0 radical (unpaired) electrons. The van der Waals surface area contributed by atoms with E-state index in [1.165, 1.54) is 5.57 Å². The first-order valence-electron chi connectivity index (χ1n) is 3.57. The van der Waals surface area contributed by atoms with Crippen LogP contribution in [0.25, 0.3) is 0 Å². The van der Waals surface area contributed by atoms with Gasteiger partial charge in [0.1, 0.15) is 0 Å². The molecule has 0 spiro atoms. The van der Waals surface area contributed by atoms with Crippen molar-refractivity contribution in [1.29, 1.82) is 0 Å². The van der Waals surface area contributed by atoms with Crippen molar-refractivity contribution in [3.8, 4) is 0 Å². The minimum absolute atomic E-state index is 0.185. The third kappa shape index (κ3) is 1.59. The van der Waals surface area contributed by atoms with E-state index in [1.54, 1.807) is 6.08 Å². The lowest BCUT2D eigenvalue weighted by molar-refractivity contribution is -0.138. The van der Waals surface area contributed by atoms with Crippen LogP contribution in [-0.2, 0) is 9.53 Å². The van der Waals surface area contributed by atoms with Crippen molar-refractivity contribution in [2.45, 2.75) is 20.3 Å². The van der Waals surface area contributed by atoms with Gasteiger partial charge in [-0.1, -0.05) is 19.4 Å². The highest BCUT2D eigenvalue weighted by molar-refractivity contribution is 5.83. The summed E-state index contributed by atoms with van der Waals surface area (Å²) >= 11 is 0. The fourth-order valence-corrected chi connectivity index (χ4v) is 0.990. The summed E-state index contributed by atoms with van der Waals surface area (Å²) in [6.07, 6.45) is 2.51. The summed E-state index contributed by atoms with van der Waals surface area (Å²) < 4.78 is 4.74. The van der Waals surface area contributed by atoms with Crippen molar-refractivity contribution >= 4 is 5.97 Å². The van der Waals surface area contributed by atoms with Gasteiger partial charge >= 0.3 is 5.97 Å². The molecule has 0 amide bonds. The van der Waals surface area contributed by atoms with Gasteiger partial charge in [-0.2, -0.15) is 0 Å². The number of rotatable bonds is 1. The molecule has 0 N–H and O–H groups in total. The van der Waals surface area contributed by atoms with Crippen molar-refractivity contribution in [2.75, 3.05) is 6.61 Å². The zero-order valence-electron chi connectivity index (χ0n) is 6.39. The second-order valence-corrected chi connectivity index (χ2v) is 2.79. The van der Waals surface area contributed by atoms with Crippen LogP contribution >= 0.6 is 0 Å². The molecule has 10 heavy (non-hydrogen) atoms. The van der Waals surface area contributed by atoms with Crippen LogP contribution in [0.2, 0.25) is 0 Å². The quantitative estimate of drug-likeness (QED) is 0.516. The summed E-state index contributed by atoms with van der Waals surface area (Å²) in [5.74, 6) is 0.294. The van der Waals surface area contributed by atoms with Crippen molar-refractivity contribution in [3.05, 3.63) is 11.6 Å². The van der Waals surface area contributed by atoms with Crippen molar-refractivity contribution in [3.63, 3.8) is 0 Å². The zero-order chi connectivity index (χ0) is 7.56. The Labute approximate surface area is 60.9 Å². The molecule has 1 heterocycles. The van der Waals surface area contributed by atoms with E-state index in [-0.39, 0.29) is 5.97 Å². The van der Waals surface area contributed by atoms with Gasteiger partial charge in [-0.05, 0) is 5.92 Å². The highest BCUT2D eigenvalue weighted by Gasteiger charge is 2.12. The second-order valence-electron chi connectivity index (χ2n) is 2.79. The van der Waals surface area contributed by atoms with Crippen LogP contribution in [-0.4, -0.2) is 12.6 Å². The number of ether oxygens (including phenoxy) is 1. The van der Waals surface area contributed by atoms with Gasteiger partial charge in [0.05, 0.1) is 6.61 Å². The van der Waals surface area contributed by atoms with E-state index in [2.05, 4.69) is 13.8 Å². The minimum atomic E-state index is -0.185. The summed E-state index contributed by atoms with van der Waals surface area (Å²) in [6.45, 7) is 4.73. The van der Waals surface area contributed by atoms with E-state index in [0.29, 0.717) is 12.5 Å². The molecule has 0 aromatic heterocycles. The summed E-state index contributed by atoms with van der Waals surface area (Å²) in [4.78, 5) is 10.7. The van der Waals surface area contributed by atoms with E-state index < -0.39 is 0 Å². The molecule has 0 saturated heterocycles. The summed E-state index contributed by atoms with van der Waals surface area (Å²) in [7, 11) is 0. The molecule has 0 aromatic rings. The van der Waals surface area contributed by atoms with Gasteiger partial charge in [0.15, 0.2) is 0 Å². The predicted octanol–water partition coefficient (Wildman–Crippen LogP) is 1.52. The molecule has 0 bridgehead atoms. The topological polar surface area (TPSA) is 26.3 Å². The molecule has 2 nitrogen and oxygen atoms in total. The van der Waals surface area contributed by atoms with Gasteiger partial charge < -0.3 is 4.74 Å². The Morgan fingerprint density at radius 3 is 2.70 bits per heavy atom. The first kappa shape index (κ1) is 7.32. The molecule has 0 atom stereocenters. The van der Waals surface area contributed by atoms with E-state index in [1.807, 2.05) is 0 Å². The number of esters is 1. The smallest absolute Gasteiger partial charge is 0.330 e. The Balaban J connectivity index is 2.66. The number of hydrogen-bond acceptors (Lipinski definition) is 2. The number of hydrogen-bond donors (Lipinski definition) is 0. The standard InChI is InChI=1S/C8H12O2/c1-6(2)7-3-4-10-8(9)5-7/h5-6H,3-4H2,1-2H3. The second kappa shape index (κ2) is 2.86.